The Morgan fingerprint density at radius 3 is 2.67 bits per heavy atom. The van der Waals surface area contributed by atoms with Crippen LogP contribution in [0.15, 0.2) is 18.2 Å². The number of benzene rings is 1. The summed E-state index contributed by atoms with van der Waals surface area (Å²) in [5.74, 6) is 0.837. The first kappa shape index (κ1) is 14.2. The molecule has 0 saturated heterocycles. The Labute approximate surface area is 120 Å². The lowest BCUT2D eigenvalue weighted by atomic mass is 9.93. The number of nitrogens with one attached hydrogen (secondary N) is 1. The van der Waals surface area contributed by atoms with Crippen LogP contribution in [0.4, 0.5) is 0 Å². The second kappa shape index (κ2) is 6.79. The molecule has 0 aliphatic heterocycles. The third-order valence-electron chi connectivity index (χ3n) is 3.85. The summed E-state index contributed by atoms with van der Waals surface area (Å²) in [5.41, 5.74) is 1.15. The lowest BCUT2D eigenvalue weighted by Gasteiger charge is -2.23. The first-order valence-corrected chi connectivity index (χ1v) is 7.65. The lowest BCUT2D eigenvalue weighted by molar-refractivity contribution is 0.401. The Morgan fingerprint density at radius 2 is 2.00 bits per heavy atom. The highest BCUT2D eigenvalue weighted by Gasteiger charge is 2.22. The van der Waals surface area contributed by atoms with Crippen molar-refractivity contribution in [2.45, 2.75) is 45.1 Å². The summed E-state index contributed by atoms with van der Waals surface area (Å²) in [7, 11) is 0. The van der Waals surface area contributed by atoms with Crippen molar-refractivity contribution >= 4 is 23.2 Å². The van der Waals surface area contributed by atoms with Crippen LogP contribution in [0.5, 0.6) is 0 Å². The Morgan fingerprint density at radius 1 is 1.28 bits per heavy atom. The Balaban J connectivity index is 2.14. The van der Waals surface area contributed by atoms with Gasteiger partial charge < -0.3 is 5.32 Å². The van der Waals surface area contributed by atoms with Gasteiger partial charge in [0.15, 0.2) is 0 Å². The second-order valence-electron chi connectivity index (χ2n) is 5.14. The molecule has 1 fully saturated rings. The Kier molecular flexibility index (Phi) is 5.35. The molecule has 1 aliphatic rings. The van der Waals surface area contributed by atoms with E-state index in [2.05, 4.69) is 18.3 Å². The van der Waals surface area contributed by atoms with Gasteiger partial charge in [0.1, 0.15) is 0 Å². The monoisotopic (exact) mass is 285 g/mol. The van der Waals surface area contributed by atoms with Gasteiger partial charge in [-0.15, -0.1) is 0 Å². The van der Waals surface area contributed by atoms with Gasteiger partial charge in [-0.3, -0.25) is 0 Å². The number of hydrogen-bond acceptors (Lipinski definition) is 1. The first-order chi connectivity index (χ1) is 8.72. The van der Waals surface area contributed by atoms with E-state index >= 15 is 0 Å². The summed E-state index contributed by atoms with van der Waals surface area (Å²) in [6.45, 7) is 3.10. The van der Waals surface area contributed by atoms with E-state index in [-0.39, 0.29) is 0 Å². The van der Waals surface area contributed by atoms with Crippen molar-refractivity contribution in [3.63, 3.8) is 0 Å². The van der Waals surface area contributed by atoms with Crippen molar-refractivity contribution in [2.24, 2.45) is 5.92 Å². The molecule has 0 radical (unpaired) electrons. The van der Waals surface area contributed by atoms with Crippen LogP contribution in [0, 0.1) is 5.92 Å². The van der Waals surface area contributed by atoms with Crippen molar-refractivity contribution in [3.8, 4) is 0 Å². The maximum Gasteiger partial charge on any atom is 0.0640 e. The van der Waals surface area contributed by atoms with E-state index in [1.54, 1.807) is 0 Å². The van der Waals surface area contributed by atoms with Gasteiger partial charge in [0, 0.05) is 6.04 Å². The quantitative estimate of drug-likeness (QED) is 0.782. The van der Waals surface area contributed by atoms with E-state index in [0.29, 0.717) is 16.1 Å². The van der Waals surface area contributed by atoms with Gasteiger partial charge in [0.25, 0.3) is 0 Å². The average molecular weight is 286 g/mol. The third-order valence-corrected chi connectivity index (χ3v) is 4.68. The molecule has 0 heterocycles. The van der Waals surface area contributed by atoms with Crippen molar-refractivity contribution in [1.29, 1.82) is 0 Å². The SMILES string of the molecule is CCNC(CC1CCCC1)c1cccc(Cl)c1Cl. The molecule has 1 aromatic rings. The minimum atomic E-state index is 0.337. The highest BCUT2D eigenvalue weighted by molar-refractivity contribution is 6.42. The van der Waals surface area contributed by atoms with Crippen molar-refractivity contribution in [3.05, 3.63) is 33.8 Å². The zero-order chi connectivity index (χ0) is 13.0. The molecular weight excluding hydrogens is 265 g/mol. The van der Waals surface area contributed by atoms with E-state index in [0.717, 1.165) is 18.0 Å². The topological polar surface area (TPSA) is 12.0 Å². The van der Waals surface area contributed by atoms with Gasteiger partial charge in [-0.1, -0.05) is 67.9 Å². The summed E-state index contributed by atoms with van der Waals surface area (Å²) in [5, 5.41) is 4.92. The lowest BCUT2D eigenvalue weighted by Crippen LogP contribution is -2.23. The molecule has 1 aliphatic carbocycles. The van der Waals surface area contributed by atoms with Crippen LogP contribution in [-0.2, 0) is 0 Å². The van der Waals surface area contributed by atoms with Crippen LogP contribution in [0.1, 0.15) is 50.6 Å². The predicted octanol–water partition coefficient (Wildman–Crippen LogP) is 5.22. The van der Waals surface area contributed by atoms with Gasteiger partial charge in [-0.2, -0.15) is 0 Å². The van der Waals surface area contributed by atoms with Crippen LogP contribution in [0.2, 0.25) is 10.0 Å². The summed E-state index contributed by atoms with van der Waals surface area (Å²) < 4.78 is 0. The molecule has 1 aromatic carbocycles. The van der Waals surface area contributed by atoms with E-state index in [1.165, 1.54) is 32.1 Å². The molecule has 1 atom stereocenters. The van der Waals surface area contributed by atoms with Crippen LogP contribution < -0.4 is 5.32 Å². The fourth-order valence-electron chi connectivity index (χ4n) is 2.94. The number of rotatable bonds is 5. The van der Waals surface area contributed by atoms with Crippen LogP contribution in [-0.4, -0.2) is 6.54 Å². The van der Waals surface area contributed by atoms with E-state index < -0.39 is 0 Å². The molecule has 0 spiro atoms. The summed E-state index contributed by atoms with van der Waals surface area (Å²) in [4.78, 5) is 0. The summed E-state index contributed by atoms with van der Waals surface area (Å²) in [6, 6.07) is 6.27. The molecule has 0 bridgehead atoms. The minimum absolute atomic E-state index is 0.337. The predicted molar refractivity (Wildman–Crippen MR) is 79.5 cm³/mol. The van der Waals surface area contributed by atoms with Crippen molar-refractivity contribution in [2.75, 3.05) is 6.54 Å². The van der Waals surface area contributed by atoms with Crippen molar-refractivity contribution < 1.29 is 0 Å². The highest BCUT2D eigenvalue weighted by atomic mass is 35.5. The van der Waals surface area contributed by atoms with E-state index in [1.807, 2.05) is 12.1 Å². The minimum Gasteiger partial charge on any atom is -0.310 e. The zero-order valence-electron chi connectivity index (χ0n) is 10.9. The van der Waals surface area contributed by atoms with Gasteiger partial charge in [-0.25, -0.2) is 0 Å². The van der Waals surface area contributed by atoms with Crippen LogP contribution in [0.3, 0.4) is 0 Å². The zero-order valence-corrected chi connectivity index (χ0v) is 12.4. The maximum absolute atomic E-state index is 6.34. The van der Waals surface area contributed by atoms with E-state index in [4.69, 9.17) is 23.2 Å². The van der Waals surface area contributed by atoms with Crippen LogP contribution in [0.25, 0.3) is 0 Å². The molecule has 3 heteroatoms. The number of halogens is 2. The fraction of sp³-hybridized carbons (Fsp3) is 0.600. The normalized spacial score (nSPS) is 18.2. The molecule has 100 valence electrons. The standard InChI is InChI=1S/C15H21Cl2N/c1-2-18-14(10-11-6-3-4-7-11)12-8-5-9-13(16)15(12)17/h5,8-9,11,14,18H,2-4,6-7,10H2,1H3. The second-order valence-corrected chi connectivity index (χ2v) is 5.92. The molecule has 0 amide bonds. The highest BCUT2D eigenvalue weighted by Crippen LogP contribution is 2.37. The molecule has 2 rings (SSSR count). The smallest absolute Gasteiger partial charge is 0.0640 e. The van der Waals surface area contributed by atoms with Crippen LogP contribution >= 0.6 is 23.2 Å². The summed E-state index contributed by atoms with van der Waals surface area (Å²) >= 11 is 12.5. The van der Waals surface area contributed by atoms with Gasteiger partial charge >= 0.3 is 0 Å². The van der Waals surface area contributed by atoms with Crippen molar-refractivity contribution in [1.82, 2.24) is 5.32 Å². The third kappa shape index (κ3) is 3.40. The Bertz CT molecular complexity index is 386. The van der Waals surface area contributed by atoms with Gasteiger partial charge in [0.05, 0.1) is 10.0 Å². The molecule has 1 N–H and O–H groups in total. The molecular formula is C15H21Cl2N. The van der Waals surface area contributed by atoms with E-state index in [9.17, 15) is 0 Å². The largest absolute Gasteiger partial charge is 0.310 e. The number of hydrogen-bond donors (Lipinski definition) is 1. The molecule has 0 aromatic heterocycles. The Hall–Kier alpha value is -0.240. The van der Waals surface area contributed by atoms with Gasteiger partial charge in [-0.05, 0) is 30.5 Å². The molecule has 1 nitrogen and oxygen atoms in total. The molecule has 18 heavy (non-hydrogen) atoms. The summed E-state index contributed by atoms with van der Waals surface area (Å²) in [6.07, 6.45) is 6.66. The van der Waals surface area contributed by atoms with Gasteiger partial charge in [0.2, 0.25) is 0 Å². The fourth-order valence-corrected chi connectivity index (χ4v) is 3.38. The first-order valence-electron chi connectivity index (χ1n) is 6.89. The maximum atomic E-state index is 6.34. The molecule has 1 unspecified atom stereocenters. The average Bonchev–Trinajstić information content (AvgIpc) is 2.85. The molecule has 1 saturated carbocycles.